The Balaban J connectivity index is 1.86. The predicted molar refractivity (Wildman–Crippen MR) is 76.1 cm³/mol. The number of nitrogens with zero attached hydrogens (tertiary/aromatic N) is 1. The molecule has 0 spiro atoms. The van der Waals surface area contributed by atoms with E-state index in [2.05, 4.69) is 11.4 Å². The van der Waals surface area contributed by atoms with Crippen molar-refractivity contribution in [1.29, 1.82) is 5.26 Å². The van der Waals surface area contributed by atoms with E-state index >= 15 is 0 Å². The van der Waals surface area contributed by atoms with Gasteiger partial charge in [0.2, 0.25) is 0 Å². The lowest BCUT2D eigenvalue weighted by Gasteiger charge is -2.21. The van der Waals surface area contributed by atoms with Gasteiger partial charge in [-0.25, -0.2) is 0 Å². The summed E-state index contributed by atoms with van der Waals surface area (Å²) in [6, 6.07) is 12.1. The molecule has 0 saturated heterocycles. The van der Waals surface area contributed by atoms with Gasteiger partial charge in [-0.1, -0.05) is 18.2 Å². The van der Waals surface area contributed by atoms with Crippen molar-refractivity contribution in [2.24, 2.45) is 0 Å². The summed E-state index contributed by atoms with van der Waals surface area (Å²) >= 11 is 1.48. The number of benzene rings is 1. The zero-order valence-electron chi connectivity index (χ0n) is 10.5. The van der Waals surface area contributed by atoms with Crippen LogP contribution in [0.25, 0.3) is 10.1 Å². The van der Waals surface area contributed by atoms with Gasteiger partial charge >= 0.3 is 0 Å². The van der Waals surface area contributed by atoms with E-state index in [1.165, 1.54) is 11.3 Å². The maximum Gasteiger partial charge on any atom is 0.262 e. The lowest BCUT2D eigenvalue weighted by Crippen LogP contribution is -2.44. The summed E-state index contributed by atoms with van der Waals surface area (Å²) in [5.74, 6) is -0.121. The molecule has 1 aromatic carbocycles. The van der Waals surface area contributed by atoms with Crippen molar-refractivity contribution >= 4 is 27.3 Å². The third kappa shape index (κ3) is 2.22. The van der Waals surface area contributed by atoms with E-state index in [1.54, 1.807) is 0 Å². The molecular formula is C15H14N2OS. The van der Waals surface area contributed by atoms with Crippen LogP contribution in [0, 0.1) is 11.3 Å². The van der Waals surface area contributed by atoms with Crippen molar-refractivity contribution in [3.8, 4) is 6.07 Å². The zero-order valence-corrected chi connectivity index (χ0v) is 11.3. The second-order valence-corrected chi connectivity index (χ2v) is 6.09. The highest BCUT2D eigenvalue weighted by Gasteiger charge is 2.35. The molecule has 0 bridgehead atoms. The van der Waals surface area contributed by atoms with Gasteiger partial charge in [-0.3, -0.25) is 4.79 Å². The number of thiophene rings is 1. The number of amides is 1. The van der Waals surface area contributed by atoms with E-state index in [0.717, 1.165) is 35.8 Å². The molecule has 3 rings (SSSR count). The molecule has 1 fully saturated rings. The summed E-state index contributed by atoms with van der Waals surface area (Å²) in [5.41, 5.74) is -0.646. The van der Waals surface area contributed by atoms with Gasteiger partial charge in [-0.15, -0.1) is 11.3 Å². The van der Waals surface area contributed by atoms with Crippen LogP contribution in [-0.4, -0.2) is 11.4 Å². The van der Waals surface area contributed by atoms with Crippen molar-refractivity contribution in [3.05, 3.63) is 35.2 Å². The Bertz CT molecular complexity index is 629. The SMILES string of the molecule is N#CC1(NC(=O)c2cc3ccccc3s2)CCCC1. The smallest absolute Gasteiger partial charge is 0.262 e. The molecule has 0 unspecified atom stereocenters. The molecule has 1 aliphatic carbocycles. The van der Waals surface area contributed by atoms with Crippen molar-refractivity contribution in [2.45, 2.75) is 31.2 Å². The van der Waals surface area contributed by atoms with Gasteiger partial charge in [0.1, 0.15) is 5.54 Å². The number of rotatable bonds is 2. The number of fused-ring (bicyclic) bond motifs is 1. The molecule has 1 aromatic heterocycles. The Morgan fingerprint density at radius 2 is 2.05 bits per heavy atom. The molecule has 1 aliphatic rings. The normalized spacial score (nSPS) is 17.2. The fourth-order valence-electron chi connectivity index (χ4n) is 2.62. The summed E-state index contributed by atoms with van der Waals surface area (Å²) in [7, 11) is 0. The number of nitriles is 1. The Hall–Kier alpha value is -1.86. The first-order valence-corrected chi connectivity index (χ1v) is 7.26. The Kier molecular flexibility index (Phi) is 3.00. The number of carbonyl (C=O) groups excluding carboxylic acids is 1. The molecule has 19 heavy (non-hydrogen) atoms. The van der Waals surface area contributed by atoms with Crippen molar-refractivity contribution in [1.82, 2.24) is 5.32 Å². The minimum Gasteiger partial charge on any atom is -0.333 e. The van der Waals surface area contributed by atoms with Crippen LogP contribution in [0.1, 0.15) is 35.4 Å². The van der Waals surface area contributed by atoms with Crippen LogP contribution in [0.15, 0.2) is 30.3 Å². The summed E-state index contributed by atoms with van der Waals surface area (Å²) in [5, 5.41) is 13.3. The average molecular weight is 270 g/mol. The number of hydrogen-bond donors (Lipinski definition) is 1. The molecule has 1 amide bonds. The molecule has 1 heterocycles. The minimum atomic E-state index is -0.646. The second-order valence-electron chi connectivity index (χ2n) is 5.00. The summed E-state index contributed by atoms with van der Waals surface area (Å²) in [4.78, 5) is 13.0. The van der Waals surface area contributed by atoms with Gasteiger partial charge in [0.15, 0.2) is 0 Å². The number of hydrogen-bond acceptors (Lipinski definition) is 3. The van der Waals surface area contributed by atoms with E-state index in [9.17, 15) is 10.1 Å². The lowest BCUT2D eigenvalue weighted by atomic mass is 10.00. The summed E-state index contributed by atoms with van der Waals surface area (Å²) in [6.07, 6.45) is 3.56. The highest BCUT2D eigenvalue weighted by Crippen LogP contribution is 2.31. The third-order valence-electron chi connectivity index (χ3n) is 3.67. The first kappa shape index (κ1) is 12.2. The van der Waals surface area contributed by atoms with Crippen LogP contribution in [0.5, 0.6) is 0 Å². The third-order valence-corrected chi connectivity index (χ3v) is 4.79. The van der Waals surface area contributed by atoms with Crippen molar-refractivity contribution in [3.63, 3.8) is 0 Å². The van der Waals surface area contributed by atoms with Crippen molar-refractivity contribution < 1.29 is 4.79 Å². The molecule has 96 valence electrons. The molecule has 1 N–H and O–H groups in total. The van der Waals surface area contributed by atoms with Gasteiger partial charge in [0, 0.05) is 4.70 Å². The Morgan fingerprint density at radius 3 is 2.74 bits per heavy atom. The highest BCUT2D eigenvalue weighted by atomic mass is 32.1. The Labute approximate surface area is 115 Å². The summed E-state index contributed by atoms with van der Waals surface area (Å²) < 4.78 is 1.10. The lowest BCUT2D eigenvalue weighted by molar-refractivity contribution is 0.0925. The van der Waals surface area contributed by atoms with E-state index in [1.807, 2.05) is 30.3 Å². The van der Waals surface area contributed by atoms with Crippen LogP contribution in [-0.2, 0) is 0 Å². The van der Waals surface area contributed by atoms with Crippen LogP contribution in [0.4, 0.5) is 0 Å². The zero-order chi connectivity index (χ0) is 13.3. The van der Waals surface area contributed by atoms with Gasteiger partial charge in [-0.05, 0) is 43.2 Å². The van der Waals surface area contributed by atoms with Crippen LogP contribution < -0.4 is 5.32 Å². The monoisotopic (exact) mass is 270 g/mol. The van der Waals surface area contributed by atoms with Crippen LogP contribution >= 0.6 is 11.3 Å². The quantitative estimate of drug-likeness (QED) is 0.908. The largest absolute Gasteiger partial charge is 0.333 e. The van der Waals surface area contributed by atoms with Crippen molar-refractivity contribution in [2.75, 3.05) is 0 Å². The van der Waals surface area contributed by atoms with E-state index in [0.29, 0.717) is 4.88 Å². The fraction of sp³-hybridized carbons (Fsp3) is 0.333. The average Bonchev–Trinajstić information content (AvgIpc) is 3.05. The molecule has 1 saturated carbocycles. The first-order chi connectivity index (χ1) is 9.22. The van der Waals surface area contributed by atoms with E-state index in [-0.39, 0.29) is 5.91 Å². The minimum absolute atomic E-state index is 0.121. The molecule has 3 nitrogen and oxygen atoms in total. The van der Waals surface area contributed by atoms with Crippen LogP contribution in [0.2, 0.25) is 0 Å². The van der Waals surface area contributed by atoms with E-state index in [4.69, 9.17) is 0 Å². The van der Waals surface area contributed by atoms with Gasteiger partial charge in [-0.2, -0.15) is 5.26 Å². The molecule has 0 radical (unpaired) electrons. The predicted octanol–water partition coefficient (Wildman–Crippen LogP) is 3.47. The standard InChI is InChI=1S/C15H14N2OS/c16-10-15(7-3-4-8-15)17-14(18)13-9-11-5-1-2-6-12(11)19-13/h1-2,5-6,9H,3-4,7-8H2,(H,17,18). The summed E-state index contributed by atoms with van der Waals surface area (Å²) in [6.45, 7) is 0. The Morgan fingerprint density at radius 1 is 1.32 bits per heavy atom. The first-order valence-electron chi connectivity index (χ1n) is 6.45. The second kappa shape index (κ2) is 4.67. The van der Waals surface area contributed by atoms with Gasteiger partial charge in [0.05, 0.1) is 10.9 Å². The topological polar surface area (TPSA) is 52.9 Å². The van der Waals surface area contributed by atoms with Gasteiger partial charge < -0.3 is 5.32 Å². The molecule has 0 atom stereocenters. The molecule has 2 aromatic rings. The maximum atomic E-state index is 12.3. The number of nitrogens with one attached hydrogen (secondary N) is 1. The fourth-order valence-corrected chi connectivity index (χ4v) is 3.57. The number of carbonyl (C=O) groups is 1. The highest BCUT2D eigenvalue weighted by molar-refractivity contribution is 7.20. The van der Waals surface area contributed by atoms with Crippen LogP contribution in [0.3, 0.4) is 0 Å². The maximum absolute atomic E-state index is 12.3. The van der Waals surface area contributed by atoms with E-state index < -0.39 is 5.54 Å². The molecule has 0 aliphatic heterocycles. The molecular weight excluding hydrogens is 256 g/mol. The molecule has 4 heteroatoms. The van der Waals surface area contributed by atoms with Gasteiger partial charge in [0.25, 0.3) is 5.91 Å².